The fourth-order valence-corrected chi connectivity index (χ4v) is 3.08. The van der Waals surface area contributed by atoms with E-state index >= 15 is 0 Å². The lowest BCUT2D eigenvalue weighted by Crippen LogP contribution is -2.16. The monoisotopic (exact) mass is 384 g/mol. The molecule has 0 aliphatic rings. The standard InChI is InChI=1S/C23H44O4/c1-4-6-8-10-11-12-13-14-16-20-26-22(24)18-19-23(25)27-21(3)17-15-9-7-5-2/h21H,4-20H2,1-3H3. The second kappa shape index (κ2) is 19.7. The lowest BCUT2D eigenvalue weighted by molar-refractivity contribution is -0.153. The largest absolute Gasteiger partial charge is 0.466 e. The van der Waals surface area contributed by atoms with E-state index < -0.39 is 0 Å². The second-order valence-corrected chi connectivity index (χ2v) is 7.70. The Hall–Kier alpha value is -1.06. The van der Waals surface area contributed by atoms with Crippen LogP contribution in [0.3, 0.4) is 0 Å². The molecule has 27 heavy (non-hydrogen) atoms. The molecule has 0 fully saturated rings. The van der Waals surface area contributed by atoms with Crippen molar-refractivity contribution in [2.75, 3.05) is 6.61 Å². The van der Waals surface area contributed by atoms with E-state index in [1.807, 2.05) is 6.92 Å². The van der Waals surface area contributed by atoms with Gasteiger partial charge in [-0.1, -0.05) is 84.5 Å². The Morgan fingerprint density at radius 1 is 0.667 bits per heavy atom. The lowest BCUT2D eigenvalue weighted by atomic mass is 10.1. The molecule has 1 atom stereocenters. The summed E-state index contributed by atoms with van der Waals surface area (Å²) in [7, 11) is 0. The summed E-state index contributed by atoms with van der Waals surface area (Å²) in [4.78, 5) is 23.4. The van der Waals surface area contributed by atoms with E-state index in [-0.39, 0.29) is 30.9 Å². The van der Waals surface area contributed by atoms with E-state index in [2.05, 4.69) is 13.8 Å². The fourth-order valence-electron chi connectivity index (χ4n) is 3.08. The van der Waals surface area contributed by atoms with Crippen LogP contribution in [0.15, 0.2) is 0 Å². The van der Waals surface area contributed by atoms with Crippen molar-refractivity contribution in [2.45, 2.75) is 130 Å². The summed E-state index contributed by atoms with van der Waals surface area (Å²) >= 11 is 0. The zero-order valence-electron chi connectivity index (χ0n) is 18.2. The number of unbranched alkanes of at least 4 members (excludes halogenated alkanes) is 11. The zero-order chi connectivity index (χ0) is 20.2. The molecule has 0 aliphatic carbocycles. The SMILES string of the molecule is CCCCCCCCCCCOC(=O)CCC(=O)OC(C)CCCCCC. The molecular formula is C23H44O4. The minimum atomic E-state index is -0.294. The van der Waals surface area contributed by atoms with Crippen LogP contribution >= 0.6 is 0 Å². The molecule has 0 aromatic rings. The molecule has 4 nitrogen and oxygen atoms in total. The molecule has 0 bridgehead atoms. The molecule has 4 heteroatoms. The van der Waals surface area contributed by atoms with Crippen LogP contribution < -0.4 is 0 Å². The number of esters is 2. The van der Waals surface area contributed by atoms with Crippen molar-refractivity contribution in [3.63, 3.8) is 0 Å². The minimum absolute atomic E-state index is 0.0626. The molecule has 0 rings (SSSR count). The number of carbonyl (C=O) groups excluding carboxylic acids is 2. The summed E-state index contributed by atoms with van der Waals surface area (Å²) in [6.45, 7) is 6.81. The molecule has 0 aliphatic heterocycles. The Balaban J connectivity index is 3.45. The van der Waals surface area contributed by atoms with Crippen LogP contribution in [0, 0.1) is 0 Å². The van der Waals surface area contributed by atoms with E-state index in [1.165, 1.54) is 64.2 Å². The number of carbonyl (C=O) groups is 2. The molecule has 0 aromatic heterocycles. The summed E-state index contributed by atoms with van der Waals surface area (Å²) < 4.78 is 10.5. The number of hydrogen-bond donors (Lipinski definition) is 0. The molecule has 0 saturated carbocycles. The van der Waals surface area contributed by atoms with Gasteiger partial charge in [0.15, 0.2) is 0 Å². The third-order valence-corrected chi connectivity index (χ3v) is 4.84. The molecule has 0 spiro atoms. The van der Waals surface area contributed by atoms with Crippen molar-refractivity contribution in [3.05, 3.63) is 0 Å². The maximum absolute atomic E-state index is 11.8. The number of rotatable bonds is 19. The van der Waals surface area contributed by atoms with Crippen LogP contribution in [0.2, 0.25) is 0 Å². The van der Waals surface area contributed by atoms with Gasteiger partial charge in [-0.25, -0.2) is 0 Å². The Kier molecular flexibility index (Phi) is 18.9. The smallest absolute Gasteiger partial charge is 0.306 e. The average molecular weight is 385 g/mol. The van der Waals surface area contributed by atoms with Crippen LogP contribution in [0.1, 0.15) is 124 Å². The average Bonchev–Trinajstić information content (AvgIpc) is 2.65. The summed E-state index contributed by atoms with van der Waals surface area (Å²) in [5, 5.41) is 0. The molecule has 0 N–H and O–H groups in total. The van der Waals surface area contributed by atoms with Gasteiger partial charge in [-0.05, 0) is 26.2 Å². The van der Waals surface area contributed by atoms with Gasteiger partial charge in [0.2, 0.25) is 0 Å². The Bertz CT molecular complexity index is 354. The lowest BCUT2D eigenvalue weighted by Gasteiger charge is -2.13. The predicted octanol–water partition coefficient (Wildman–Crippen LogP) is 6.74. The van der Waals surface area contributed by atoms with E-state index in [0.29, 0.717) is 6.61 Å². The highest BCUT2D eigenvalue weighted by molar-refractivity contribution is 5.77. The quantitative estimate of drug-likeness (QED) is 0.183. The first-order chi connectivity index (χ1) is 13.1. The van der Waals surface area contributed by atoms with Gasteiger partial charge in [-0.3, -0.25) is 9.59 Å². The van der Waals surface area contributed by atoms with E-state index in [0.717, 1.165) is 25.7 Å². The van der Waals surface area contributed by atoms with Gasteiger partial charge in [-0.2, -0.15) is 0 Å². The Morgan fingerprint density at radius 2 is 1.15 bits per heavy atom. The van der Waals surface area contributed by atoms with Crippen molar-refractivity contribution in [2.24, 2.45) is 0 Å². The van der Waals surface area contributed by atoms with Crippen molar-refractivity contribution in [3.8, 4) is 0 Å². The van der Waals surface area contributed by atoms with Crippen LogP contribution in [-0.4, -0.2) is 24.6 Å². The summed E-state index contributed by atoms with van der Waals surface area (Å²) in [6.07, 6.45) is 17.0. The highest BCUT2D eigenvalue weighted by atomic mass is 16.5. The number of ether oxygens (including phenoxy) is 2. The van der Waals surface area contributed by atoms with Crippen LogP contribution in [-0.2, 0) is 19.1 Å². The van der Waals surface area contributed by atoms with Gasteiger partial charge in [0.05, 0.1) is 25.6 Å². The van der Waals surface area contributed by atoms with Gasteiger partial charge in [0.1, 0.15) is 0 Å². The van der Waals surface area contributed by atoms with Crippen LogP contribution in [0.4, 0.5) is 0 Å². The van der Waals surface area contributed by atoms with Gasteiger partial charge >= 0.3 is 11.9 Å². The van der Waals surface area contributed by atoms with E-state index in [4.69, 9.17) is 9.47 Å². The summed E-state index contributed by atoms with van der Waals surface area (Å²) in [6, 6.07) is 0. The van der Waals surface area contributed by atoms with Crippen molar-refractivity contribution >= 4 is 11.9 Å². The molecule has 160 valence electrons. The summed E-state index contributed by atoms with van der Waals surface area (Å²) in [5.41, 5.74) is 0. The van der Waals surface area contributed by atoms with Crippen LogP contribution in [0.5, 0.6) is 0 Å². The van der Waals surface area contributed by atoms with Crippen LogP contribution in [0.25, 0.3) is 0 Å². The molecule has 0 saturated heterocycles. The number of hydrogen-bond acceptors (Lipinski definition) is 4. The first kappa shape index (κ1) is 25.9. The second-order valence-electron chi connectivity index (χ2n) is 7.70. The minimum Gasteiger partial charge on any atom is -0.466 e. The van der Waals surface area contributed by atoms with Gasteiger partial charge in [0.25, 0.3) is 0 Å². The zero-order valence-corrected chi connectivity index (χ0v) is 18.2. The Morgan fingerprint density at radius 3 is 1.74 bits per heavy atom. The third kappa shape index (κ3) is 19.5. The fraction of sp³-hybridized carbons (Fsp3) is 0.913. The van der Waals surface area contributed by atoms with Gasteiger partial charge < -0.3 is 9.47 Å². The molecular weight excluding hydrogens is 340 g/mol. The van der Waals surface area contributed by atoms with Crippen molar-refractivity contribution in [1.82, 2.24) is 0 Å². The molecule has 0 aromatic carbocycles. The maximum atomic E-state index is 11.8. The topological polar surface area (TPSA) is 52.6 Å². The first-order valence-electron chi connectivity index (χ1n) is 11.4. The van der Waals surface area contributed by atoms with Gasteiger partial charge in [0, 0.05) is 0 Å². The molecule has 1 unspecified atom stereocenters. The summed E-state index contributed by atoms with van der Waals surface area (Å²) in [5.74, 6) is -0.583. The predicted molar refractivity (Wildman–Crippen MR) is 112 cm³/mol. The normalized spacial score (nSPS) is 12.0. The molecule has 0 amide bonds. The van der Waals surface area contributed by atoms with Crippen molar-refractivity contribution < 1.29 is 19.1 Å². The maximum Gasteiger partial charge on any atom is 0.306 e. The Labute approximate surface area is 167 Å². The molecule has 0 radical (unpaired) electrons. The first-order valence-corrected chi connectivity index (χ1v) is 11.4. The third-order valence-electron chi connectivity index (χ3n) is 4.84. The van der Waals surface area contributed by atoms with E-state index in [1.54, 1.807) is 0 Å². The molecule has 0 heterocycles. The highest BCUT2D eigenvalue weighted by Gasteiger charge is 2.12. The highest BCUT2D eigenvalue weighted by Crippen LogP contribution is 2.11. The van der Waals surface area contributed by atoms with Gasteiger partial charge in [-0.15, -0.1) is 0 Å². The van der Waals surface area contributed by atoms with E-state index in [9.17, 15) is 9.59 Å². The van der Waals surface area contributed by atoms with Crippen molar-refractivity contribution in [1.29, 1.82) is 0 Å².